The smallest absolute Gasteiger partial charge is 0.343 e. The Hall–Kier alpha value is -2.40. The van der Waals surface area contributed by atoms with Crippen LogP contribution in [0.15, 0.2) is 36.4 Å². The molecule has 120 valence electrons. The van der Waals surface area contributed by atoms with Crippen LogP contribution >= 0.6 is 11.6 Å². The molecule has 0 aliphatic heterocycles. The van der Waals surface area contributed by atoms with E-state index in [2.05, 4.69) is 5.32 Å². The molecule has 0 saturated heterocycles. The topological polar surface area (TPSA) is 55.4 Å². The molecule has 0 aliphatic carbocycles. The normalized spacial score (nSPS) is 10.3. The lowest BCUT2D eigenvalue weighted by Crippen LogP contribution is -2.21. The number of carbonyl (C=O) groups is 2. The largest absolute Gasteiger partial charge is 0.452 e. The zero-order chi connectivity index (χ0) is 17.0. The van der Waals surface area contributed by atoms with Crippen LogP contribution in [0.5, 0.6) is 0 Å². The summed E-state index contributed by atoms with van der Waals surface area (Å²) in [5.74, 6) is -2.30. The second kappa shape index (κ2) is 7.24. The maximum absolute atomic E-state index is 13.6. The molecule has 1 amide bonds. The van der Waals surface area contributed by atoms with Crippen LogP contribution in [0, 0.1) is 19.7 Å². The number of halogens is 2. The molecule has 0 radical (unpaired) electrons. The number of carbonyl (C=O) groups excluding carboxylic acids is 2. The van der Waals surface area contributed by atoms with Gasteiger partial charge in [-0.3, -0.25) is 4.79 Å². The fourth-order valence-corrected chi connectivity index (χ4v) is 2.15. The number of esters is 1. The fraction of sp³-hybridized carbons (Fsp3) is 0.176. The number of hydrogen-bond acceptors (Lipinski definition) is 3. The Kier molecular flexibility index (Phi) is 5.34. The van der Waals surface area contributed by atoms with Gasteiger partial charge in [0.05, 0.1) is 5.02 Å². The van der Waals surface area contributed by atoms with E-state index >= 15 is 0 Å². The van der Waals surface area contributed by atoms with Crippen molar-refractivity contribution in [3.8, 4) is 0 Å². The highest BCUT2D eigenvalue weighted by Crippen LogP contribution is 2.20. The van der Waals surface area contributed by atoms with Gasteiger partial charge in [0, 0.05) is 5.69 Å². The predicted octanol–water partition coefficient (Wildman–Crippen LogP) is 3.89. The quantitative estimate of drug-likeness (QED) is 0.862. The van der Waals surface area contributed by atoms with Gasteiger partial charge >= 0.3 is 5.97 Å². The molecule has 0 saturated carbocycles. The molecule has 2 aromatic rings. The van der Waals surface area contributed by atoms with Gasteiger partial charge < -0.3 is 10.1 Å². The molecule has 23 heavy (non-hydrogen) atoms. The molecule has 2 rings (SSSR count). The van der Waals surface area contributed by atoms with E-state index in [1.165, 1.54) is 12.1 Å². The van der Waals surface area contributed by atoms with Crippen molar-refractivity contribution in [2.75, 3.05) is 11.9 Å². The minimum absolute atomic E-state index is 0.0652. The lowest BCUT2D eigenvalue weighted by Gasteiger charge is -2.09. The molecule has 4 nitrogen and oxygen atoms in total. The fourth-order valence-electron chi connectivity index (χ4n) is 1.91. The van der Waals surface area contributed by atoms with E-state index in [-0.39, 0.29) is 10.6 Å². The van der Waals surface area contributed by atoms with Crippen molar-refractivity contribution >= 4 is 29.2 Å². The van der Waals surface area contributed by atoms with E-state index in [1.54, 1.807) is 6.07 Å². The first-order chi connectivity index (χ1) is 10.9. The second-order valence-corrected chi connectivity index (χ2v) is 5.43. The Balaban J connectivity index is 1.96. The van der Waals surface area contributed by atoms with Crippen LogP contribution in [0.1, 0.15) is 21.5 Å². The standard InChI is InChI=1S/C17H15ClFNO3/c1-10-6-7-12(8-11(10)2)20-15(21)9-23-17(22)16-13(18)4-3-5-14(16)19/h3-8H,9H2,1-2H3,(H,20,21). The predicted molar refractivity (Wildman–Crippen MR) is 86.2 cm³/mol. The van der Waals surface area contributed by atoms with Gasteiger partial charge in [0.2, 0.25) is 0 Å². The van der Waals surface area contributed by atoms with E-state index < -0.39 is 24.3 Å². The van der Waals surface area contributed by atoms with Gasteiger partial charge in [0.15, 0.2) is 6.61 Å². The monoisotopic (exact) mass is 335 g/mol. The summed E-state index contributed by atoms with van der Waals surface area (Å²) in [7, 11) is 0. The number of aryl methyl sites for hydroxylation is 2. The molecule has 2 aromatic carbocycles. The molecule has 0 aliphatic rings. The third kappa shape index (κ3) is 4.29. The van der Waals surface area contributed by atoms with Crippen LogP contribution in [-0.2, 0) is 9.53 Å². The van der Waals surface area contributed by atoms with Gasteiger partial charge in [-0.25, -0.2) is 9.18 Å². The van der Waals surface area contributed by atoms with E-state index in [0.29, 0.717) is 5.69 Å². The molecular formula is C17H15ClFNO3. The number of ether oxygens (including phenoxy) is 1. The SMILES string of the molecule is Cc1ccc(NC(=O)COC(=O)c2c(F)cccc2Cl)cc1C. The van der Waals surface area contributed by atoms with Crippen molar-refractivity contribution in [3.63, 3.8) is 0 Å². The highest BCUT2D eigenvalue weighted by atomic mass is 35.5. The Labute approximate surface area is 138 Å². The Morgan fingerprint density at radius 2 is 1.91 bits per heavy atom. The van der Waals surface area contributed by atoms with Crippen LogP contribution < -0.4 is 5.32 Å². The molecule has 0 aromatic heterocycles. The van der Waals surface area contributed by atoms with E-state index in [9.17, 15) is 14.0 Å². The van der Waals surface area contributed by atoms with Crippen LogP contribution in [0.3, 0.4) is 0 Å². The van der Waals surface area contributed by atoms with Gasteiger partial charge in [-0.15, -0.1) is 0 Å². The molecule has 1 N–H and O–H groups in total. The van der Waals surface area contributed by atoms with Gasteiger partial charge in [0.1, 0.15) is 11.4 Å². The van der Waals surface area contributed by atoms with E-state index in [0.717, 1.165) is 17.2 Å². The first-order valence-electron chi connectivity index (χ1n) is 6.86. The van der Waals surface area contributed by atoms with Gasteiger partial charge in [-0.2, -0.15) is 0 Å². The van der Waals surface area contributed by atoms with Crippen molar-refractivity contribution in [3.05, 3.63) is 63.9 Å². The van der Waals surface area contributed by atoms with E-state index in [4.69, 9.17) is 16.3 Å². The molecule has 0 spiro atoms. The van der Waals surface area contributed by atoms with Crippen molar-refractivity contribution in [1.29, 1.82) is 0 Å². The number of nitrogens with one attached hydrogen (secondary N) is 1. The Bertz CT molecular complexity index is 741. The minimum Gasteiger partial charge on any atom is -0.452 e. The maximum atomic E-state index is 13.6. The molecule has 6 heteroatoms. The van der Waals surface area contributed by atoms with Crippen molar-refractivity contribution in [1.82, 2.24) is 0 Å². The molecular weight excluding hydrogens is 321 g/mol. The number of hydrogen-bond donors (Lipinski definition) is 1. The van der Waals surface area contributed by atoms with Crippen molar-refractivity contribution in [2.45, 2.75) is 13.8 Å². The minimum atomic E-state index is -0.983. The Morgan fingerprint density at radius 1 is 1.17 bits per heavy atom. The number of anilines is 1. The average molecular weight is 336 g/mol. The third-order valence-electron chi connectivity index (χ3n) is 3.29. The van der Waals surface area contributed by atoms with Crippen LogP contribution in [0.2, 0.25) is 5.02 Å². The molecule has 0 heterocycles. The maximum Gasteiger partial charge on any atom is 0.343 e. The highest BCUT2D eigenvalue weighted by molar-refractivity contribution is 6.33. The average Bonchev–Trinajstić information content (AvgIpc) is 2.49. The van der Waals surface area contributed by atoms with Crippen LogP contribution in [-0.4, -0.2) is 18.5 Å². The second-order valence-electron chi connectivity index (χ2n) is 5.02. The number of rotatable bonds is 4. The summed E-state index contributed by atoms with van der Waals surface area (Å²) in [6.45, 7) is 3.35. The Morgan fingerprint density at radius 3 is 2.57 bits per heavy atom. The highest BCUT2D eigenvalue weighted by Gasteiger charge is 2.18. The first kappa shape index (κ1) is 17.0. The lowest BCUT2D eigenvalue weighted by molar-refractivity contribution is -0.119. The summed E-state index contributed by atoms with van der Waals surface area (Å²) >= 11 is 5.76. The van der Waals surface area contributed by atoms with Gasteiger partial charge in [0.25, 0.3) is 5.91 Å². The summed E-state index contributed by atoms with van der Waals surface area (Å²) < 4.78 is 18.4. The summed E-state index contributed by atoms with van der Waals surface area (Å²) in [6.07, 6.45) is 0. The molecule has 0 unspecified atom stereocenters. The number of benzene rings is 2. The summed E-state index contributed by atoms with van der Waals surface area (Å²) in [5, 5.41) is 2.54. The third-order valence-corrected chi connectivity index (χ3v) is 3.61. The zero-order valence-corrected chi connectivity index (χ0v) is 13.4. The van der Waals surface area contributed by atoms with E-state index in [1.807, 2.05) is 26.0 Å². The summed E-state index contributed by atoms with van der Waals surface area (Å²) in [5.41, 5.74) is 2.34. The van der Waals surface area contributed by atoms with Crippen molar-refractivity contribution in [2.24, 2.45) is 0 Å². The van der Waals surface area contributed by atoms with Crippen LogP contribution in [0.25, 0.3) is 0 Å². The van der Waals surface area contributed by atoms with Crippen LogP contribution in [0.4, 0.5) is 10.1 Å². The summed E-state index contributed by atoms with van der Waals surface area (Å²) in [4.78, 5) is 23.6. The molecule has 0 atom stereocenters. The van der Waals surface area contributed by atoms with Gasteiger partial charge in [-0.05, 0) is 49.2 Å². The summed E-state index contributed by atoms with van der Waals surface area (Å²) in [6, 6.07) is 9.27. The zero-order valence-electron chi connectivity index (χ0n) is 12.7. The molecule has 0 fully saturated rings. The van der Waals surface area contributed by atoms with Crippen molar-refractivity contribution < 1.29 is 18.7 Å². The van der Waals surface area contributed by atoms with Gasteiger partial charge in [-0.1, -0.05) is 23.7 Å². The number of amides is 1. The molecule has 0 bridgehead atoms. The lowest BCUT2D eigenvalue weighted by atomic mass is 10.1. The first-order valence-corrected chi connectivity index (χ1v) is 7.24.